The van der Waals surface area contributed by atoms with E-state index >= 15 is 0 Å². The first-order chi connectivity index (χ1) is 7.86. The molecule has 0 spiro atoms. The number of pyridine rings is 1. The van der Waals surface area contributed by atoms with E-state index in [-0.39, 0.29) is 0 Å². The largest absolute Gasteiger partial charge is 0.378 e. The van der Waals surface area contributed by atoms with Gasteiger partial charge in [-0.15, -0.1) is 0 Å². The highest BCUT2D eigenvalue weighted by Crippen LogP contribution is 2.08. The summed E-state index contributed by atoms with van der Waals surface area (Å²) in [4.78, 5) is 4.28. The van der Waals surface area contributed by atoms with E-state index in [1.54, 1.807) is 0 Å². The van der Waals surface area contributed by atoms with Crippen LogP contribution in [0.1, 0.15) is 31.9 Å². The molecule has 0 aliphatic heterocycles. The highest BCUT2D eigenvalue weighted by molar-refractivity contribution is 9.09. The van der Waals surface area contributed by atoms with Crippen molar-refractivity contribution in [1.82, 2.24) is 4.98 Å². The highest BCUT2D eigenvalue weighted by atomic mass is 79.9. The first kappa shape index (κ1) is 13.7. The van der Waals surface area contributed by atoms with Gasteiger partial charge in [0.2, 0.25) is 0 Å². The number of nitrogens with zero attached hydrogens (tertiary/aromatic N) is 1. The van der Waals surface area contributed by atoms with Gasteiger partial charge in [0.25, 0.3) is 0 Å². The van der Waals surface area contributed by atoms with Crippen LogP contribution in [0.5, 0.6) is 0 Å². The lowest BCUT2D eigenvalue weighted by atomic mass is 10.1. The minimum absolute atomic E-state index is 0.404. The summed E-state index contributed by atoms with van der Waals surface area (Å²) >= 11 is 3.45. The fourth-order valence-electron chi connectivity index (χ4n) is 1.59. The summed E-state index contributed by atoms with van der Waals surface area (Å²) in [5.74, 6) is 0. The van der Waals surface area contributed by atoms with Crippen LogP contribution in [-0.4, -0.2) is 23.0 Å². The second kappa shape index (κ2) is 8.71. The predicted molar refractivity (Wildman–Crippen MR) is 71.0 cm³/mol. The summed E-state index contributed by atoms with van der Waals surface area (Å²) < 4.78 is 5.84. The third kappa shape index (κ3) is 5.61. The van der Waals surface area contributed by atoms with E-state index in [1.165, 1.54) is 6.42 Å². The molecule has 1 atom stereocenters. The van der Waals surface area contributed by atoms with E-state index in [0.717, 1.165) is 36.9 Å². The number of aromatic nitrogens is 1. The highest BCUT2D eigenvalue weighted by Gasteiger charge is 2.05. The second-order valence-corrected chi connectivity index (χ2v) is 4.60. The van der Waals surface area contributed by atoms with Crippen molar-refractivity contribution in [2.45, 2.75) is 38.7 Å². The Morgan fingerprint density at radius 2 is 2.31 bits per heavy atom. The molecule has 1 heterocycles. The summed E-state index contributed by atoms with van der Waals surface area (Å²) in [6.07, 6.45) is 6.56. The van der Waals surface area contributed by atoms with Gasteiger partial charge in [-0.3, -0.25) is 4.98 Å². The van der Waals surface area contributed by atoms with Crippen molar-refractivity contribution in [3.05, 3.63) is 30.1 Å². The number of hydrogen-bond acceptors (Lipinski definition) is 2. The van der Waals surface area contributed by atoms with E-state index in [9.17, 15) is 0 Å². The fourth-order valence-corrected chi connectivity index (χ4v) is 1.91. The van der Waals surface area contributed by atoms with Crippen LogP contribution in [0, 0.1) is 0 Å². The Morgan fingerprint density at radius 1 is 1.44 bits per heavy atom. The zero-order chi connectivity index (χ0) is 11.6. The summed E-state index contributed by atoms with van der Waals surface area (Å²) in [6.45, 7) is 2.96. The third-order valence-corrected chi connectivity index (χ3v) is 3.11. The molecule has 0 saturated carbocycles. The van der Waals surface area contributed by atoms with Gasteiger partial charge in [-0.2, -0.15) is 0 Å². The number of alkyl halides is 1. The molecule has 0 amide bonds. The molecule has 16 heavy (non-hydrogen) atoms. The van der Waals surface area contributed by atoms with Gasteiger partial charge < -0.3 is 4.74 Å². The van der Waals surface area contributed by atoms with Crippen LogP contribution in [0.4, 0.5) is 0 Å². The molecule has 2 nitrogen and oxygen atoms in total. The number of halogens is 1. The van der Waals surface area contributed by atoms with Gasteiger partial charge in [0.05, 0.1) is 12.7 Å². The van der Waals surface area contributed by atoms with Crippen molar-refractivity contribution >= 4 is 15.9 Å². The molecule has 3 heteroatoms. The molecule has 1 aromatic heterocycles. The zero-order valence-corrected chi connectivity index (χ0v) is 11.4. The quantitative estimate of drug-likeness (QED) is 0.681. The zero-order valence-electron chi connectivity index (χ0n) is 9.86. The summed E-state index contributed by atoms with van der Waals surface area (Å²) in [6, 6.07) is 6.00. The molecule has 1 unspecified atom stereocenters. The second-order valence-electron chi connectivity index (χ2n) is 3.80. The Kier molecular flexibility index (Phi) is 7.43. The minimum Gasteiger partial charge on any atom is -0.378 e. The lowest BCUT2D eigenvalue weighted by Crippen LogP contribution is -2.14. The molecule has 0 saturated heterocycles. The minimum atomic E-state index is 0.404. The number of hydrogen-bond donors (Lipinski definition) is 0. The smallest absolute Gasteiger partial charge is 0.0573 e. The van der Waals surface area contributed by atoms with Gasteiger partial charge >= 0.3 is 0 Å². The Morgan fingerprint density at radius 3 is 2.94 bits per heavy atom. The van der Waals surface area contributed by atoms with Crippen LogP contribution in [0.25, 0.3) is 0 Å². The summed E-state index contributed by atoms with van der Waals surface area (Å²) in [7, 11) is 0. The molecule has 0 fully saturated rings. The van der Waals surface area contributed by atoms with Gasteiger partial charge in [-0.25, -0.2) is 0 Å². The summed E-state index contributed by atoms with van der Waals surface area (Å²) in [5.41, 5.74) is 1.11. The molecule has 0 aliphatic carbocycles. The van der Waals surface area contributed by atoms with Crippen LogP contribution in [0.2, 0.25) is 0 Å². The Labute approximate surface area is 107 Å². The summed E-state index contributed by atoms with van der Waals surface area (Å²) in [5, 5.41) is 1.06. The molecule has 0 aliphatic rings. The predicted octanol–water partition coefficient (Wildman–Crippen LogP) is 3.59. The molecule has 1 rings (SSSR count). The van der Waals surface area contributed by atoms with Gasteiger partial charge in [0, 0.05) is 23.6 Å². The van der Waals surface area contributed by atoms with Crippen molar-refractivity contribution in [3.63, 3.8) is 0 Å². The van der Waals surface area contributed by atoms with E-state index in [2.05, 4.69) is 27.8 Å². The van der Waals surface area contributed by atoms with Crippen LogP contribution in [0.3, 0.4) is 0 Å². The van der Waals surface area contributed by atoms with Crippen molar-refractivity contribution in [2.75, 3.05) is 11.9 Å². The van der Waals surface area contributed by atoms with Crippen LogP contribution in [-0.2, 0) is 11.2 Å². The van der Waals surface area contributed by atoms with E-state index in [4.69, 9.17) is 4.74 Å². The molecule has 90 valence electrons. The normalized spacial score (nSPS) is 12.6. The number of rotatable bonds is 8. The Bertz CT molecular complexity index is 266. The first-order valence-corrected chi connectivity index (χ1v) is 7.06. The van der Waals surface area contributed by atoms with E-state index < -0.39 is 0 Å². The maximum absolute atomic E-state index is 5.84. The molecule has 0 radical (unpaired) electrons. The Balaban J connectivity index is 2.18. The molecule has 0 bridgehead atoms. The van der Waals surface area contributed by atoms with Gasteiger partial charge in [-0.05, 0) is 31.4 Å². The third-order valence-electron chi connectivity index (χ3n) is 2.55. The molecular formula is C13H20BrNO. The molecular weight excluding hydrogens is 266 g/mol. The monoisotopic (exact) mass is 285 g/mol. The van der Waals surface area contributed by atoms with Crippen LogP contribution >= 0.6 is 15.9 Å². The Hall–Kier alpha value is -0.410. The van der Waals surface area contributed by atoms with Crippen molar-refractivity contribution in [2.24, 2.45) is 0 Å². The van der Waals surface area contributed by atoms with Gasteiger partial charge in [0.1, 0.15) is 0 Å². The van der Waals surface area contributed by atoms with Gasteiger partial charge in [0.15, 0.2) is 0 Å². The maximum Gasteiger partial charge on any atom is 0.0573 e. The average molecular weight is 286 g/mol. The van der Waals surface area contributed by atoms with Crippen LogP contribution in [0.15, 0.2) is 24.4 Å². The topological polar surface area (TPSA) is 22.1 Å². The lowest BCUT2D eigenvalue weighted by Gasteiger charge is -2.15. The first-order valence-electron chi connectivity index (χ1n) is 5.94. The van der Waals surface area contributed by atoms with Crippen molar-refractivity contribution in [3.8, 4) is 0 Å². The van der Waals surface area contributed by atoms with Crippen molar-refractivity contribution in [1.29, 1.82) is 0 Å². The molecule has 0 N–H and O–H groups in total. The lowest BCUT2D eigenvalue weighted by molar-refractivity contribution is 0.0464. The number of ether oxygens (including phenoxy) is 1. The maximum atomic E-state index is 5.84. The van der Waals surface area contributed by atoms with Crippen LogP contribution < -0.4 is 0 Å². The average Bonchev–Trinajstić information content (AvgIpc) is 2.35. The SMILES string of the molecule is CCC(CCCBr)OCCc1ccccn1. The molecule has 1 aromatic rings. The molecule has 0 aromatic carbocycles. The van der Waals surface area contributed by atoms with E-state index in [0.29, 0.717) is 6.10 Å². The fraction of sp³-hybridized carbons (Fsp3) is 0.615. The van der Waals surface area contributed by atoms with Gasteiger partial charge in [-0.1, -0.05) is 28.9 Å². The van der Waals surface area contributed by atoms with Crippen molar-refractivity contribution < 1.29 is 4.74 Å². The van der Waals surface area contributed by atoms with E-state index in [1.807, 2.05) is 24.4 Å². The standard InChI is InChI=1S/C13H20BrNO/c1-2-13(7-5-9-14)16-11-8-12-6-3-4-10-15-12/h3-4,6,10,13H,2,5,7-9,11H2,1H3.